The lowest BCUT2D eigenvalue weighted by Gasteiger charge is -2.30. The summed E-state index contributed by atoms with van der Waals surface area (Å²) in [6, 6.07) is 3.77. The van der Waals surface area contributed by atoms with Gasteiger partial charge in [0.25, 0.3) is 5.91 Å². The lowest BCUT2D eigenvalue weighted by atomic mass is 10.1. The van der Waals surface area contributed by atoms with Crippen LogP contribution in [0.1, 0.15) is 23.2 Å². The Bertz CT molecular complexity index is 498. The van der Waals surface area contributed by atoms with Gasteiger partial charge in [-0.05, 0) is 18.6 Å². The third-order valence-corrected chi connectivity index (χ3v) is 3.40. The Hall–Kier alpha value is -2.11. The monoisotopic (exact) mass is 276 g/mol. The molecular weight excluding hydrogens is 256 g/mol. The van der Waals surface area contributed by atoms with Gasteiger partial charge in [0.15, 0.2) is 0 Å². The third-order valence-electron chi connectivity index (χ3n) is 3.40. The molecule has 108 valence electrons. The Labute approximate surface area is 118 Å². The second kappa shape index (κ2) is 5.90. The molecule has 0 spiro atoms. The van der Waals surface area contributed by atoms with E-state index >= 15 is 0 Å². The normalized spacial score (nSPS) is 18.9. The average Bonchev–Trinajstić information content (AvgIpc) is 2.43. The summed E-state index contributed by atoms with van der Waals surface area (Å²) >= 11 is 0. The number of carbonyl (C=O) groups excluding carboxylic acids is 2. The van der Waals surface area contributed by atoms with Crippen LogP contribution in [0.15, 0.2) is 18.3 Å². The zero-order valence-corrected chi connectivity index (χ0v) is 12.1. The van der Waals surface area contributed by atoms with Crippen molar-refractivity contribution in [3.63, 3.8) is 0 Å². The number of likely N-dealkylation sites (N-methyl/N-ethyl adjacent to an activating group) is 1. The van der Waals surface area contributed by atoms with Gasteiger partial charge in [-0.1, -0.05) is 0 Å². The number of carbonyl (C=O) groups is 2. The molecule has 0 aliphatic carbocycles. The maximum Gasteiger partial charge on any atom is 0.254 e. The highest BCUT2D eigenvalue weighted by molar-refractivity contribution is 5.93. The molecule has 1 aromatic rings. The molecule has 6 nitrogen and oxygen atoms in total. The number of hydrogen-bond donors (Lipinski definition) is 1. The number of anilines is 1. The van der Waals surface area contributed by atoms with Crippen molar-refractivity contribution < 1.29 is 9.59 Å². The molecule has 1 aliphatic rings. The zero-order valence-electron chi connectivity index (χ0n) is 12.1. The summed E-state index contributed by atoms with van der Waals surface area (Å²) < 4.78 is 0. The number of nitrogens with zero attached hydrogens (tertiary/aromatic N) is 3. The van der Waals surface area contributed by atoms with Gasteiger partial charge in [-0.2, -0.15) is 0 Å². The number of piperidine rings is 1. The highest BCUT2D eigenvalue weighted by Gasteiger charge is 2.22. The standard InChI is InChI=1S/C14H20N4O2/c1-17(2)14(20)10-4-6-12(15-8-10)16-11-5-7-13(19)18(3)9-11/h4,6,8,11H,5,7,9H2,1-3H3,(H,15,16). The second-order valence-corrected chi connectivity index (χ2v) is 5.29. The van der Waals surface area contributed by atoms with Gasteiger partial charge in [0.2, 0.25) is 5.91 Å². The predicted octanol–water partition coefficient (Wildman–Crippen LogP) is 0.816. The summed E-state index contributed by atoms with van der Waals surface area (Å²) in [5.74, 6) is 0.850. The van der Waals surface area contributed by atoms with E-state index in [1.54, 1.807) is 37.3 Å². The minimum atomic E-state index is -0.0629. The van der Waals surface area contributed by atoms with Gasteiger partial charge >= 0.3 is 0 Å². The highest BCUT2D eigenvalue weighted by atomic mass is 16.2. The Morgan fingerprint density at radius 1 is 1.45 bits per heavy atom. The van der Waals surface area contributed by atoms with E-state index in [0.29, 0.717) is 18.5 Å². The fraction of sp³-hybridized carbons (Fsp3) is 0.500. The number of nitrogens with one attached hydrogen (secondary N) is 1. The van der Waals surface area contributed by atoms with E-state index in [0.717, 1.165) is 12.2 Å². The van der Waals surface area contributed by atoms with Crippen LogP contribution in [0.5, 0.6) is 0 Å². The third kappa shape index (κ3) is 3.26. The minimum absolute atomic E-state index is 0.0629. The van der Waals surface area contributed by atoms with Gasteiger partial charge in [0.1, 0.15) is 5.82 Å². The fourth-order valence-corrected chi connectivity index (χ4v) is 2.20. The Morgan fingerprint density at radius 2 is 2.20 bits per heavy atom. The van der Waals surface area contributed by atoms with Crippen LogP contribution in [-0.2, 0) is 4.79 Å². The number of rotatable bonds is 3. The molecule has 1 N–H and O–H groups in total. The summed E-state index contributed by atoms with van der Waals surface area (Å²) in [7, 11) is 5.23. The summed E-state index contributed by atoms with van der Waals surface area (Å²) in [5.41, 5.74) is 0.566. The number of hydrogen-bond acceptors (Lipinski definition) is 4. The molecule has 0 bridgehead atoms. The van der Waals surface area contributed by atoms with Gasteiger partial charge in [-0.3, -0.25) is 9.59 Å². The van der Waals surface area contributed by atoms with Crippen LogP contribution in [0.4, 0.5) is 5.82 Å². The van der Waals surface area contributed by atoms with Crippen LogP contribution in [0.3, 0.4) is 0 Å². The van der Waals surface area contributed by atoms with E-state index in [-0.39, 0.29) is 17.9 Å². The largest absolute Gasteiger partial charge is 0.366 e. The molecule has 1 saturated heterocycles. The summed E-state index contributed by atoms with van der Waals surface area (Å²) in [5, 5.41) is 3.30. The molecule has 2 heterocycles. The number of aromatic nitrogens is 1. The average molecular weight is 276 g/mol. The molecule has 2 amide bonds. The topological polar surface area (TPSA) is 65.5 Å². The van der Waals surface area contributed by atoms with Gasteiger partial charge < -0.3 is 15.1 Å². The van der Waals surface area contributed by atoms with Crippen molar-refractivity contribution in [3.8, 4) is 0 Å². The van der Waals surface area contributed by atoms with Crippen LogP contribution in [0.25, 0.3) is 0 Å². The maximum absolute atomic E-state index is 11.7. The summed E-state index contributed by atoms with van der Waals surface area (Å²) in [6.07, 6.45) is 2.94. The molecule has 1 atom stereocenters. The van der Waals surface area contributed by atoms with E-state index in [1.165, 1.54) is 4.90 Å². The van der Waals surface area contributed by atoms with Crippen molar-refractivity contribution in [3.05, 3.63) is 23.9 Å². The van der Waals surface area contributed by atoms with Crippen LogP contribution in [-0.4, -0.2) is 60.3 Å². The molecule has 1 unspecified atom stereocenters. The molecule has 1 aromatic heterocycles. The maximum atomic E-state index is 11.7. The van der Waals surface area contributed by atoms with Crippen LogP contribution in [0.2, 0.25) is 0 Å². The number of amides is 2. The molecule has 0 radical (unpaired) electrons. The van der Waals surface area contributed by atoms with Crippen molar-refractivity contribution in [2.75, 3.05) is 33.0 Å². The molecule has 1 fully saturated rings. The van der Waals surface area contributed by atoms with Gasteiger partial charge in [-0.25, -0.2) is 4.98 Å². The molecule has 20 heavy (non-hydrogen) atoms. The van der Waals surface area contributed by atoms with E-state index in [2.05, 4.69) is 10.3 Å². The van der Waals surface area contributed by atoms with Crippen LogP contribution >= 0.6 is 0 Å². The van der Waals surface area contributed by atoms with Crippen molar-refractivity contribution in [2.45, 2.75) is 18.9 Å². The van der Waals surface area contributed by atoms with Gasteiger partial charge in [-0.15, -0.1) is 0 Å². The first kappa shape index (κ1) is 14.3. The lowest BCUT2D eigenvalue weighted by Crippen LogP contribution is -2.43. The lowest BCUT2D eigenvalue weighted by molar-refractivity contribution is -0.132. The van der Waals surface area contributed by atoms with E-state index < -0.39 is 0 Å². The van der Waals surface area contributed by atoms with E-state index in [1.807, 2.05) is 7.05 Å². The van der Waals surface area contributed by atoms with Gasteiger partial charge in [0, 0.05) is 46.3 Å². The van der Waals surface area contributed by atoms with Crippen molar-refractivity contribution >= 4 is 17.6 Å². The Balaban J connectivity index is 1.97. The van der Waals surface area contributed by atoms with Crippen molar-refractivity contribution in [1.29, 1.82) is 0 Å². The van der Waals surface area contributed by atoms with E-state index in [4.69, 9.17) is 0 Å². The Kier molecular flexibility index (Phi) is 4.22. The summed E-state index contributed by atoms with van der Waals surface area (Å²) in [4.78, 5) is 30.7. The molecule has 0 saturated carbocycles. The first-order chi connectivity index (χ1) is 9.47. The SMILES string of the molecule is CN(C)C(=O)c1ccc(NC2CCC(=O)N(C)C2)nc1. The first-order valence-electron chi connectivity index (χ1n) is 6.65. The molecule has 2 rings (SSSR count). The quantitative estimate of drug-likeness (QED) is 0.887. The zero-order chi connectivity index (χ0) is 14.7. The Morgan fingerprint density at radius 3 is 2.75 bits per heavy atom. The highest BCUT2D eigenvalue weighted by Crippen LogP contribution is 2.15. The van der Waals surface area contributed by atoms with E-state index in [9.17, 15) is 9.59 Å². The minimum Gasteiger partial charge on any atom is -0.366 e. The van der Waals surface area contributed by atoms with Gasteiger partial charge in [0.05, 0.1) is 5.56 Å². The van der Waals surface area contributed by atoms with Crippen LogP contribution < -0.4 is 5.32 Å². The first-order valence-corrected chi connectivity index (χ1v) is 6.65. The summed E-state index contributed by atoms with van der Waals surface area (Å²) in [6.45, 7) is 0.679. The predicted molar refractivity (Wildman–Crippen MR) is 76.5 cm³/mol. The number of pyridine rings is 1. The molecule has 6 heteroatoms. The smallest absolute Gasteiger partial charge is 0.254 e. The molecule has 1 aliphatic heterocycles. The second-order valence-electron chi connectivity index (χ2n) is 5.29. The number of likely N-dealkylation sites (tertiary alicyclic amines) is 1. The molecular formula is C14H20N4O2. The van der Waals surface area contributed by atoms with Crippen molar-refractivity contribution in [2.24, 2.45) is 0 Å². The molecule has 0 aromatic carbocycles. The van der Waals surface area contributed by atoms with Crippen molar-refractivity contribution in [1.82, 2.24) is 14.8 Å². The fourth-order valence-electron chi connectivity index (χ4n) is 2.20. The van der Waals surface area contributed by atoms with Crippen LogP contribution in [0, 0.1) is 0 Å².